The Bertz CT molecular complexity index is 764. The van der Waals surface area contributed by atoms with Gasteiger partial charge in [0.2, 0.25) is 0 Å². The lowest BCUT2D eigenvalue weighted by Crippen LogP contribution is -2.32. The van der Waals surface area contributed by atoms with Gasteiger partial charge in [-0.3, -0.25) is 9.48 Å². The normalized spacial score (nSPS) is 11.6. The van der Waals surface area contributed by atoms with Crippen molar-refractivity contribution in [3.05, 3.63) is 46.2 Å². The Morgan fingerprint density at radius 3 is 2.74 bits per heavy atom. The third-order valence-corrected chi connectivity index (χ3v) is 3.79. The lowest BCUT2D eigenvalue weighted by molar-refractivity contribution is -0.123. The first-order valence-electron chi connectivity index (χ1n) is 7.00. The molecule has 23 heavy (non-hydrogen) atoms. The number of hydrogen-bond donors (Lipinski definition) is 1. The number of rotatable bonds is 5. The molecule has 0 fully saturated rings. The van der Waals surface area contributed by atoms with Gasteiger partial charge in [-0.15, -0.1) is 0 Å². The number of nitrogens with zero attached hydrogens (tertiary/aromatic N) is 3. The molecule has 2 aromatic rings. The first kappa shape index (κ1) is 16.8. The second kappa shape index (κ2) is 7.16. The van der Waals surface area contributed by atoms with Crippen molar-refractivity contribution in [2.45, 2.75) is 19.9 Å². The van der Waals surface area contributed by atoms with E-state index in [9.17, 15) is 10.1 Å². The average Bonchev–Trinajstić information content (AvgIpc) is 2.76. The second-order valence-electron chi connectivity index (χ2n) is 5.06. The molecule has 1 heterocycles. The summed E-state index contributed by atoms with van der Waals surface area (Å²) in [7, 11) is 1.80. The summed E-state index contributed by atoms with van der Waals surface area (Å²) in [5, 5.41) is 16.5. The molecule has 0 saturated heterocycles. The van der Waals surface area contributed by atoms with Crippen molar-refractivity contribution in [1.29, 1.82) is 5.26 Å². The molecule has 0 aliphatic rings. The molecule has 1 amide bonds. The zero-order chi connectivity index (χ0) is 17.0. The number of ether oxygens (including phenoxy) is 1. The van der Waals surface area contributed by atoms with Crippen LogP contribution in [0.2, 0.25) is 5.02 Å². The molecule has 0 aliphatic heterocycles. The van der Waals surface area contributed by atoms with Crippen LogP contribution in [0.4, 0.5) is 0 Å². The van der Waals surface area contributed by atoms with Crippen LogP contribution in [0.25, 0.3) is 0 Å². The Balaban J connectivity index is 2.01. The minimum atomic E-state index is -0.823. The summed E-state index contributed by atoms with van der Waals surface area (Å²) in [5.41, 5.74) is 2.10. The van der Waals surface area contributed by atoms with Crippen LogP contribution in [0.5, 0.6) is 5.75 Å². The van der Waals surface area contributed by atoms with Crippen LogP contribution in [0.3, 0.4) is 0 Å². The molecule has 1 aromatic heterocycles. The number of benzene rings is 1. The SMILES string of the molecule is Cc1nn(C)c(C)c1OCC(=O)N[C@@H](C#N)c1ccccc1Cl. The third kappa shape index (κ3) is 3.82. The predicted octanol–water partition coefficient (Wildman–Crippen LogP) is 2.45. The highest BCUT2D eigenvalue weighted by Gasteiger charge is 2.18. The van der Waals surface area contributed by atoms with Crippen molar-refractivity contribution >= 4 is 17.5 Å². The molecule has 0 bridgehead atoms. The largest absolute Gasteiger partial charge is 0.480 e. The Morgan fingerprint density at radius 2 is 2.17 bits per heavy atom. The summed E-state index contributed by atoms with van der Waals surface area (Å²) < 4.78 is 7.21. The summed E-state index contributed by atoms with van der Waals surface area (Å²) in [6.07, 6.45) is 0. The molecule has 0 spiro atoms. The van der Waals surface area contributed by atoms with E-state index in [1.807, 2.05) is 19.9 Å². The zero-order valence-electron chi connectivity index (χ0n) is 13.1. The number of carbonyl (C=O) groups excluding carboxylic acids is 1. The van der Waals surface area contributed by atoms with E-state index in [-0.39, 0.29) is 6.61 Å². The molecule has 0 saturated carbocycles. The van der Waals surface area contributed by atoms with Gasteiger partial charge >= 0.3 is 0 Å². The first-order chi connectivity index (χ1) is 10.9. The van der Waals surface area contributed by atoms with E-state index >= 15 is 0 Å². The Morgan fingerprint density at radius 1 is 1.48 bits per heavy atom. The van der Waals surface area contributed by atoms with Gasteiger partial charge in [0.1, 0.15) is 11.7 Å². The number of nitrogens with one attached hydrogen (secondary N) is 1. The molecule has 6 nitrogen and oxygen atoms in total. The van der Waals surface area contributed by atoms with Gasteiger partial charge < -0.3 is 10.1 Å². The molecular weight excluding hydrogens is 316 g/mol. The number of carbonyl (C=O) groups is 1. The number of aromatic nitrogens is 2. The van der Waals surface area contributed by atoms with E-state index < -0.39 is 11.9 Å². The van der Waals surface area contributed by atoms with Crippen LogP contribution >= 0.6 is 11.6 Å². The molecule has 1 N–H and O–H groups in total. The van der Waals surface area contributed by atoms with Crippen molar-refractivity contribution in [1.82, 2.24) is 15.1 Å². The fourth-order valence-corrected chi connectivity index (χ4v) is 2.44. The summed E-state index contributed by atoms with van der Waals surface area (Å²) >= 11 is 6.05. The van der Waals surface area contributed by atoms with E-state index in [1.54, 1.807) is 36.0 Å². The highest BCUT2D eigenvalue weighted by Crippen LogP contribution is 2.23. The smallest absolute Gasteiger partial charge is 0.259 e. The maximum atomic E-state index is 12.0. The zero-order valence-corrected chi connectivity index (χ0v) is 13.9. The topological polar surface area (TPSA) is 79.9 Å². The van der Waals surface area contributed by atoms with Crippen LogP contribution in [-0.2, 0) is 11.8 Å². The maximum Gasteiger partial charge on any atom is 0.259 e. The second-order valence-corrected chi connectivity index (χ2v) is 5.47. The van der Waals surface area contributed by atoms with Crippen LogP contribution < -0.4 is 10.1 Å². The minimum Gasteiger partial charge on any atom is -0.480 e. The molecular formula is C16H17ClN4O2. The summed E-state index contributed by atoms with van der Waals surface area (Å²) in [6.45, 7) is 3.47. The summed E-state index contributed by atoms with van der Waals surface area (Å²) in [4.78, 5) is 12.0. The minimum absolute atomic E-state index is 0.198. The molecule has 1 atom stereocenters. The Hall–Kier alpha value is -2.52. The van der Waals surface area contributed by atoms with Gasteiger partial charge in [-0.05, 0) is 19.9 Å². The highest BCUT2D eigenvalue weighted by molar-refractivity contribution is 6.31. The quantitative estimate of drug-likeness (QED) is 0.912. The summed E-state index contributed by atoms with van der Waals surface area (Å²) in [6, 6.07) is 8.10. The molecule has 0 unspecified atom stereocenters. The van der Waals surface area contributed by atoms with Gasteiger partial charge in [0.05, 0.1) is 11.8 Å². The van der Waals surface area contributed by atoms with Crippen molar-refractivity contribution in [3.63, 3.8) is 0 Å². The number of amides is 1. The maximum absolute atomic E-state index is 12.0. The highest BCUT2D eigenvalue weighted by atomic mass is 35.5. The van der Waals surface area contributed by atoms with Crippen molar-refractivity contribution in [3.8, 4) is 11.8 Å². The molecule has 0 radical (unpaired) electrons. The average molecular weight is 333 g/mol. The van der Waals surface area contributed by atoms with E-state index in [0.29, 0.717) is 22.0 Å². The van der Waals surface area contributed by atoms with E-state index in [0.717, 1.165) is 5.69 Å². The van der Waals surface area contributed by atoms with E-state index in [2.05, 4.69) is 10.4 Å². The molecule has 0 aliphatic carbocycles. The molecule has 120 valence electrons. The van der Waals surface area contributed by atoms with Gasteiger partial charge in [-0.25, -0.2) is 0 Å². The molecule has 7 heteroatoms. The van der Waals surface area contributed by atoms with Crippen molar-refractivity contribution in [2.75, 3.05) is 6.61 Å². The fraction of sp³-hybridized carbons (Fsp3) is 0.312. The lowest BCUT2D eigenvalue weighted by atomic mass is 10.1. The van der Waals surface area contributed by atoms with Crippen molar-refractivity contribution in [2.24, 2.45) is 7.05 Å². The number of hydrogen-bond acceptors (Lipinski definition) is 4. The van der Waals surface area contributed by atoms with Gasteiger partial charge in [0.25, 0.3) is 5.91 Å². The van der Waals surface area contributed by atoms with Crippen molar-refractivity contribution < 1.29 is 9.53 Å². The first-order valence-corrected chi connectivity index (χ1v) is 7.38. The van der Waals surface area contributed by atoms with Crippen LogP contribution in [0, 0.1) is 25.2 Å². The Kier molecular flexibility index (Phi) is 5.24. The summed E-state index contributed by atoms with van der Waals surface area (Å²) in [5.74, 6) is 0.174. The number of halogens is 1. The Labute approximate surface area is 139 Å². The van der Waals surface area contributed by atoms with E-state index in [4.69, 9.17) is 16.3 Å². The van der Waals surface area contributed by atoms with Gasteiger partial charge in [-0.1, -0.05) is 29.8 Å². The monoisotopic (exact) mass is 332 g/mol. The standard InChI is InChI=1S/C16H17ClN4O2/c1-10-16(11(2)21(3)20-10)23-9-15(22)19-14(8-18)12-6-4-5-7-13(12)17/h4-7,14H,9H2,1-3H3,(H,19,22)/t14-/m0/s1. The molecule has 1 aromatic carbocycles. The lowest BCUT2D eigenvalue weighted by Gasteiger charge is -2.14. The van der Waals surface area contributed by atoms with E-state index in [1.165, 1.54) is 0 Å². The fourth-order valence-electron chi connectivity index (χ4n) is 2.19. The van der Waals surface area contributed by atoms with Crippen LogP contribution in [0.1, 0.15) is 23.0 Å². The van der Waals surface area contributed by atoms with Crippen LogP contribution in [-0.4, -0.2) is 22.3 Å². The number of nitriles is 1. The molecule has 2 rings (SSSR count). The van der Waals surface area contributed by atoms with Crippen LogP contribution in [0.15, 0.2) is 24.3 Å². The predicted molar refractivity (Wildman–Crippen MR) is 86.1 cm³/mol. The van der Waals surface area contributed by atoms with Gasteiger partial charge in [-0.2, -0.15) is 10.4 Å². The van der Waals surface area contributed by atoms with Gasteiger partial charge in [0.15, 0.2) is 12.4 Å². The van der Waals surface area contributed by atoms with Gasteiger partial charge in [0, 0.05) is 17.6 Å². The third-order valence-electron chi connectivity index (χ3n) is 3.44. The number of aryl methyl sites for hydroxylation is 2.